The first-order valence-corrected chi connectivity index (χ1v) is 10.6. The summed E-state index contributed by atoms with van der Waals surface area (Å²) >= 11 is 0. The number of piperidine rings is 1. The number of ether oxygens (including phenoxy) is 1. The Bertz CT molecular complexity index is 928. The highest BCUT2D eigenvalue weighted by Crippen LogP contribution is 2.57. The summed E-state index contributed by atoms with van der Waals surface area (Å²) in [6.07, 6.45) is 5.86. The Morgan fingerprint density at radius 3 is 2.72 bits per heavy atom. The fraction of sp³-hybridized carbons (Fsp3) is 0.458. The molecule has 3 aliphatic rings. The number of amides is 1. The number of hydrogen-bond donors (Lipinski definition) is 2. The molecule has 2 bridgehead atoms. The Hall–Kier alpha value is -2.69. The molecule has 1 saturated carbocycles. The van der Waals surface area contributed by atoms with E-state index in [0.29, 0.717) is 18.9 Å². The van der Waals surface area contributed by atoms with Crippen LogP contribution in [0.1, 0.15) is 48.8 Å². The quantitative estimate of drug-likeness (QED) is 0.738. The largest absolute Gasteiger partial charge is 0.504 e. The van der Waals surface area contributed by atoms with Gasteiger partial charge < -0.3 is 19.8 Å². The van der Waals surface area contributed by atoms with E-state index < -0.39 is 0 Å². The van der Waals surface area contributed by atoms with Crippen molar-refractivity contribution in [2.24, 2.45) is 5.92 Å². The first kappa shape index (κ1) is 18.3. The first-order chi connectivity index (χ1) is 14.1. The molecular formula is C24H27NO4. The standard InChI is InChI=1S/C24H27NO4/c26-21-13-17-12-20-18-8-4-5-9-24(18,19(17)14-22(21)27)10-11-25(20)23(28)29-15-16-6-2-1-3-7-16/h1-3,6-7,13-14,18,20,26-27H,4-5,8-12,15H2/t18-,20+,24+/m0/s1. The molecule has 5 heteroatoms. The van der Waals surface area contributed by atoms with Crippen LogP contribution in [-0.2, 0) is 23.2 Å². The average Bonchev–Trinajstić information content (AvgIpc) is 2.74. The van der Waals surface area contributed by atoms with Gasteiger partial charge in [0.25, 0.3) is 0 Å². The Labute approximate surface area is 170 Å². The molecule has 3 atom stereocenters. The molecule has 29 heavy (non-hydrogen) atoms. The summed E-state index contributed by atoms with van der Waals surface area (Å²) in [6, 6.07) is 13.3. The fourth-order valence-electron chi connectivity index (χ4n) is 6.07. The molecule has 152 valence electrons. The van der Waals surface area contributed by atoms with Crippen LogP contribution in [0.25, 0.3) is 0 Å². The second-order valence-electron chi connectivity index (χ2n) is 8.76. The number of carbonyl (C=O) groups is 1. The summed E-state index contributed by atoms with van der Waals surface area (Å²) in [5, 5.41) is 20.2. The third kappa shape index (κ3) is 2.95. The van der Waals surface area contributed by atoms with Crippen molar-refractivity contribution in [2.75, 3.05) is 6.54 Å². The van der Waals surface area contributed by atoms with E-state index in [0.717, 1.165) is 30.4 Å². The number of likely N-dealkylation sites (tertiary alicyclic amines) is 1. The maximum atomic E-state index is 13.0. The second kappa shape index (κ2) is 6.97. The number of nitrogens with zero attached hydrogens (tertiary/aromatic N) is 1. The summed E-state index contributed by atoms with van der Waals surface area (Å²) in [6.45, 7) is 0.958. The third-order valence-corrected chi connectivity index (χ3v) is 7.37. The molecule has 1 saturated heterocycles. The van der Waals surface area contributed by atoms with Crippen molar-refractivity contribution < 1.29 is 19.7 Å². The monoisotopic (exact) mass is 393 g/mol. The SMILES string of the molecule is O=C(OCc1ccccc1)N1CC[C@]23CCCC[C@H]2[C@H]1Cc1cc(O)c(O)cc13. The molecule has 2 aliphatic carbocycles. The minimum atomic E-state index is -0.246. The van der Waals surface area contributed by atoms with Gasteiger partial charge in [0.05, 0.1) is 0 Å². The van der Waals surface area contributed by atoms with Crippen molar-refractivity contribution in [2.45, 2.75) is 56.6 Å². The zero-order chi connectivity index (χ0) is 20.0. The van der Waals surface area contributed by atoms with Gasteiger partial charge in [0, 0.05) is 18.0 Å². The molecule has 2 aromatic carbocycles. The molecule has 1 amide bonds. The van der Waals surface area contributed by atoms with Gasteiger partial charge >= 0.3 is 6.09 Å². The molecule has 2 aromatic rings. The molecule has 5 rings (SSSR count). The molecule has 1 aliphatic heterocycles. The highest BCUT2D eigenvalue weighted by molar-refractivity contribution is 5.69. The van der Waals surface area contributed by atoms with Gasteiger partial charge in [0.2, 0.25) is 0 Å². The molecule has 0 aromatic heterocycles. The number of carbonyl (C=O) groups excluding carboxylic acids is 1. The molecular weight excluding hydrogens is 366 g/mol. The maximum Gasteiger partial charge on any atom is 0.410 e. The zero-order valence-electron chi connectivity index (χ0n) is 16.5. The Kier molecular flexibility index (Phi) is 4.41. The first-order valence-electron chi connectivity index (χ1n) is 10.6. The summed E-state index contributed by atoms with van der Waals surface area (Å²) in [5.41, 5.74) is 3.23. The Morgan fingerprint density at radius 1 is 1.10 bits per heavy atom. The molecule has 2 fully saturated rings. The zero-order valence-corrected chi connectivity index (χ0v) is 16.5. The van der Waals surface area contributed by atoms with Gasteiger partial charge in [0.1, 0.15) is 6.61 Å². The Balaban J connectivity index is 1.44. The predicted octanol–water partition coefficient (Wildman–Crippen LogP) is 4.49. The van der Waals surface area contributed by atoms with E-state index in [1.807, 2.05) is 35.2 Å². The van der Waals surface area contributed by atoms with Crippen molar-refractivity contribution in [1.29, 1.82) is 0 Å². The van der Waals surface area contributed by atoms with E-state index >= 15 is 0 Å². The molecule has 0 radical (unpaired) electrons. The summed E-state index contributed by atoms with van der Waals surface area (Å²) in [5.74, 6) is 0.266. The topological polar surface area (TPSA) is 70.0 Å². The van der Waals surface area contributed by atoms with Gasteiger partial charge in [0.15, 0.2) is 11.5 Å². The number of phenolic OH excluding ortho intramolecular Hbond substituents is 2. The van der Waals surface area contributed by atoms with Crippen LogP contribution in [0.3, 0.4) is 0 Å². The van der Waals surface area contributed by atoms with Crippen LogP contribution in [0.4, 0.5) is 4.79 Å². The van der Waals surface area contributed by atoms with Gasteiger partial charge in [-0.2, -0.15) is 0 Å². The Morgan fingerprint density at radius 2 is 1.90 bits per heavy atom. The number of rotatable bonds is 2. The lowest BCUT2D eigenvalue weighted by atomic mass is 9.52. The number of aromatic hydroxyl groups is 2. The van der Waals surface area contributed by atoms with Crippen LogP contribution in [0, 0.1) is 5.92 Å². The third-order valence-electron chi connectivity index (χ3n) is 7.37. The lowest BCUT2D eigenvalue weighted by Gasteiger charge is -2.58. The summed E-state index contributed by atoms with van der Waals surface area (Å²) in [4.78, 5) is 14.9. The highest BCUT2D eigenvalue weighted by atomic mass is 16.6. The summed E-state index contributed by atoms with van der Waals surface area (Å²) < 4.78 is 5.66. The molecule has 2 N–H and O–H groups in total. The van der Waals surface area contributed by atoms with E-state index in [9.17, 15) is 15.0 Å². The lowest BCUT2D eigenvalue weighted by Crippen LogP contribution is -2.62. The van der Waals surface area contributed by atoms with Crippen molar-refractivity contribution in [3.8, 4) is 11.5 Å². The van der Waals surface area contributed by atoms with Crippen LogP contribution in [0.15, 0.2) is 42.5 Å². The van der Waals surface area contributed by atoms with Crippen molar-refractivity contribution in [1.82, 2.24) is 4.90 Å². The number of fused-ring (bicyclic) bond motifs is 1. The highest BCUT2D eigenvalue weighted by Gasteiger charge is 2.55. The van der Waals surface area contributed by atoms with Crippen molar-refractivity contribution in [3.05, 3.63) is 59.2 Å². The maximum absolute atomic E-state index is 13.0. The lowest BCUT2D eigenvalue weighted by molar-refractivity contribution is -0.0137. The smallest absolute Gasteiger partial charge is 0.410 e. The van der Waals surface area contributed by atoms with Crippen molar-refractivity contribution in [3.63, 3.8) is 0 Å². The fourth-order valence-corrected chi connectivity index (χ4v) is 6.07. The number of benzene rings is 2. The van der Waals surface area contributed by atoms with E-state index in [4.69, 9.17) is 4.74 Å². The van der Waals surface area contributed by atoms with E-state index in [2.05, 4.69) is 0 Å². The van der Waals surface area contributed by atoms with Gasteiger partial charge in [-0.15, -0.1) is 0 Å². The van der Waals surface area contributed by atoms with Gasteiger partial charge in [-0.05, 0) is 60.4 Å². The van der Waals surface area contributed by atoms with Crippen LogP contribution < -0.4 is 0 Å². The molecule has 0 spiro atoms. The number of hydrogen-bond acceptors (Lipinski definition) is 4. The second-order valence-corrected chi connectivity index (χ2v) is 8.76. The molecule has 5 nitrogen and oxygen atoms in total. The van der Waals surface area contributed by atoms with Crippen molar-refractivity contribution >= 4 is 6.09 Å². The van der Waals surface area contributed by atoms with E-state index in [1.165, 1.54) is 18.4 Å². The van der Waals surface area contributed by atoms with Gasteiger partial charge in [-0.25, -0.2) is 4.79 Å². The molecule has 0 unspecified atom stereocenters. The van der Waals surface area contributed by atoms with Gasteiger partial charge in [-0.1, -0.05) is 43.2 Å². The van der Waals surface area contributed by atoms with Crippen LogP contribution in [0.2, 0.25) is 0 Å². The predicted molar refractivity (Wildman–Crippen MR) is 109 cm³/mol. The minimum Gasteiger partial charge on any atom is -0.504 e. The van der Waals surface area contributed by atoms with E-state index in [1.54, 1.807) is 12.1 Å². The molecule has 1 heterocycles. The van der Waals surface area contributed by atoms with Crippen LogP contribution in [-0.4, -0.2) is 33.8 Å². The normalized spacial score (nSPS) is 27.7. The summed E-state index contributed by atoms with van der Waals surface area (Å²) in [7, 11) is 0. The van der Waals surface area contributed by atoms with E-state index in [-0.39, 0.29) is 35.7 Å². The van der Waals surface area contributed by atoms with Gasteiger partial charge in [-0.3, -0.25) is 0 Å². The minimum absolute atomic E-state index is 0.00209. The van der Waals surface area contributed by atoms with Crippen LogP contribution in [0.5, 0.6) is 11.5 Å². The van der Waals surface area contributed by atoms with Crippen LogP contribution >= 0.6 is 0 Å². The average molecular weight is 393 g/mol. The number of phenols is 2.